The van der Waals surface area contributed by atoms with Crippen molar-refractivity contribution < 1.29 is 14.3 Å². The van der Waals surface area contributed by atoms with Crippen molar-refractivity contribution in [1.82, 2.24) is 9.55 Å². The van der Waals surface area contributed by atoms with Crippen LogP contribution in [0.15, 0.2) is 78.9 Å². The van der Waals surface area contributed by atoms with Crippen LogP contribution in [0.2, 0.25) is 0 Å². The molecular formula is C23H20N2O3. The van der Waals surface area contributed by atoms with Crippen LogP contribution in [0.4, 0.5) is 0 Å². The van der Waals surface area contributed by atoms with Gasteiger partial charge in [-0.25, -0.2) is 4.98 Å². The zero-order valence-electron chi connectivity index (χ0n) is 15.5. The van der Waals surface area contributed by atoms with Crippen molar-refractivity contribution in [3.8, 4) is 11.5 Å². The lowest BCUT2D eigenvalue weighted by atomic mass is 10.1. The largest absolute Gasteiger partial charge is 0.497 e. The lowest BCUT2D eigenvalue weighted by molar-refractivity contribution is 0.0971. The van der Waals surface area contributed by atoms with Crippen molar-refractivity contribution in [1.29, 1.82) is 0 Å². The number of methoxy groups -OCH3 is 1. The summed E-state index contributed by atoms with van der Waals surface area (Å²) in [5.74, 6) is 2.23. The van der Waals surface area contributed by atoms with Gasteiger partial charge in [0.15, 0.2) is 5.78 Å². The minimum absolute atomic E-state index is 0.0365. The highest BCUT2D eigenvalue weighted by molar-refractivity contribution is 5.96. The van der Waals surface area contributed by atoms with Crippen LogP contribution in [0, 0.1) is 0 Å². The average Bonchev–Trinajstić information content (AvgIpc) is 3.10. The molecule has 0 saturated heterocycles. The molecule has 0 bridgehead atoms. The Morgan fingerprint density at radius 1 is 0.893 bits per heavy atom. The van der Waals surface area contributed by atoms with Crippen LogP contribution in [0.5, 0.6) is 11.5 Å². The van der Waals surface area contributed by atoms with Gasteiger partial charge in [-0.15, -0.1) is 0 Å². The van der Waals surface area contributed by atoms with E-state index in [1.807, 2.05) is 83.4 Å². The van der Waals surface area contributed by atoms with Gasteiger partial charge in [0.25, 0.3) is 0 Å². The number of rotatable bonds is 7. The number of hydrogen-bond acceptors (Lipinski definition) is 4. The number of fused-ring (bicyclic) bond motifs is 1. The molecule has 0 atom stereocenters. The minimum Gasteiger partial charge on any atom is -0.497 e. The number of benzene rings is 3. The van der Waals surface area contributed by atoms with Crippen LogP contribution in [0.25, 0.3) is 11.0 Å². The molecule has 0 amide bonds. The van der Waals surface area contributed by atoms with Gasteiger partial charge in [-0.1, -0.05) is 42.5 Å². The molecule has 0 aliphatic heterocycles. The van der Waals surface area contributed by atoms with E-state index in [1.165, 1.54) is 0 Å². The molecule has 5 nitrogen and oxygen atoms in total. The van der Waals surface area contributed by atoms with E-state index >= 15 is 0 Å². The molecule has 4 aromatic rings. The van der Waals surface area contributed by atoms with E-state index in [4.69, 9.17) is 9.47 Å². The van der Waals surface area contributed by atoms with Crippen LogP contribution in [0.3, 0.4) is 0 Å². The highest BCUT2D eigenvalue weighted by Gasteiger charge is 2.15. The van der Waals surface area contributed by atoms with Gasteiger partial charge in [0.1, 0.15) is 23.9 Å². The maximum atomic E-state index is 12.7. The van der Waals surface area contributed by atoms with Crippen LogP contribution in [-0.4, -0.2) is 22.4 Å². The van der Waals surface area contributed by atoms with E-state index in [1.54, 1.807) is 7.11 Å². The molecule has 1 heterocycles. The number of Topliss-reactive ketones (excluding diaryl/α,β-unsaturated/α-hetero) is 1. The molecule has 0 N–H and O–H groups in total. The lowest BCUT2D eigenvalue weighted by Gasteiger charge is -2.10. The molecule has 0 unspecified atom stereocenters. The molecule has 140 valence electrons. The zero-order chi connectivity index (χ0) is 19.3. The predicted molar refractivity (Wildman–Crippen MR) is 108 cm³/mol. The zero-order valence-corrected chi connectivity index (χ0v) is 15.5. The van der Waals surface area contributed by atoms with Crippen LogP contribution in [0.1, 0.15) is 16.2 Å². The third-order valence-corrected chi connectivity index (χ3v) is 4.56. The number of carbonyl (C=O) groups excluding carboxylic acids is 1. The molecule has 1 aromatic heterocycles. The van der Waals surface area contributed by atoms with Crippen LogP contribution in [-0.2, 0) is 13.2 Å². The van der Waals surface area contributed by atoms with E-state index in [9.17, 15) is 4.79 Å². The Kier molecular flexibility index (Phi) is 5.06. The summed E-state index contributed by atoms with van der Waals surface area (Å²) in [6, 6.07) is 24.5. The van der Waals surface area contributed by atoms with E-state index in [2.05, 4.69) is 4.98 Å². The third-order valence-electron chi connectivity index (χ3n) is 4.56. The highest BCUT2D eigenvalue weighted by Crippen LogP contribution is 2.21. The van der Waals surface area contributed by atoms with Gasteiger partial charge >= 0.3 is 0 Å². The quantitative estimate of drug-likeness (QED) is 0.448. The van der Waals surface area contributed by atoms with E-state index in [-0.39, 0.29) is 18.9 Å². The summed E-state index contributed by atoms with van der Waals surface area (Å²) in [6.07, 6.45) is 0. The second-order valence-electron chi connectivity index (χ2n) is 6.36. The van der Waals surface area contributed by atoms with Gasteiger partial charge in [0.2, 0.25) is 0 Å². The van der Waals surface area contributed by atoms with Gasteiger partial charge in [0, 0.05) is 5.56 Å². The summed E-state index contributed by atoms with van der Waals surface area (Å²) in [5, 5.41) is 0. The summed E-state index contributed by atoms with van der Waals surface area (Å²) in [6.45, 7) is 0.481. The normalized spacial score (nSPS) is 10.8. The van der Waals surface area contributed by atoms with E-state index in [0.717, 1.165) is 16.8 Å². The summed E-state index contributed by atoms with van der Waals surface area (Å²) in [5.41, 5.74) is 2.44. The predicted octanol–water partition coefficient (Wildman–Crippen LogP) is 4.51. The van der Waals surface area contributed by atoms with Gasteiger partial charge < -0.3 is 14.0 Å². The molecule has 0 fully saturated rings. The first-order valence-electron chi connectivity index (χ1n) is 9.04. The highest BCUT2D eigenvalue weighted by atomic mass is 16.5. The second kappa shape index (κ2) is 7.96. The Bertz CT molecular complexity index is 1090. The first kappa shape index (κ1) is 17.8. The number of nitrogens with zero attached hydrogens (tertiary/aromatic N) is 2. The monoisotopic (exact) mass is 372 g/mol. The van der Waals surface area contributed by atoms with Gasteiger partial charge in [-0.05, 0) is 36.4 Å². The number of aromatic nitrogens is 2. The maximum Gasteiger partial charge on any atom is 0.182 e. The van der Waals surface area contributed by atoms with Crippen molar-refractivity contribution in [3.63, 3.8) is 0 Å². The number of hydrogen-bond donors (Lipinski definition) is 0. The molecule has 0 saturated carbocycles. The van der Waals surface area contributed by atoms with Crippen molar-refractivity contribution >= 4 is 16.8 Å². The molecule has 0 radical (unpaired) electrons. The summed E-state index contributed by atoms with van der Waals surface area (Å²) >= 11 is 0. The fourth-order valence-corrected chi connectivity index (χ4v) is 3.09. The molecule has 5 heteroatoms. The van der Waals surface area contributed by atoms with Crippen LogP contribution < -0.4 is 9.47 Å². The molecule has 0 aliphatic carbocycles. The first-order valence-corrected chi connectivity index (χ1v) is 9.04. The van der Waals surface area contributed by atoms with E-state index in [0.29, 0.717) is 17.1 Å². The number of para-hydroxylation sites is 2. The third kappa shape index (κ3) is 3.74. The average molecular weight is 372 g/mol. The summed E-state index contributed by atoms with van der Waals surface area (Å²) in [7, 11) is 1.63. The number of ketones is 1. The van der Waals surface area contributed by atoms with E-state index < -0.39 is 0 Å². The Morgan fingerprint density at radius 2 is 1.57 bits per heavy atom. The van der Waals surface area contributed by atoms with Crippen LogP contribution >= 0.6 is 0 Å². The number of carbonyl (C=O) groups is 1. The smallest absolute Gasteiger partial charge is 0.182 e. The molecule has 3 aromatic carbocycles. The summed E-state index contributed by atoms with van der Waals surface area (Å²) < 4.78 is 13.0. The SMILES string of the molecule is COc1ccc(OCc2nc3ccccc3n2CC(=O)c2ccccc2)cc1. The second-order valence-corrected chi connectivity index (χ2v) is 6.36. The minimum atomic E-state index is 0.0365. The molecule has 0 aliphatic rings. The standard InChI is InChI=1S/C23H20N2O3/c1-27-18-11-13-19(14-12-18)28-16-23-24-20-9-5-6-10-21(20)25(23)15-22(26)17-7-3-2-4-8-17/h2-14H,15-16H2,1H3. The molecule has 0 spiro atoms. The van der Waals surface area contributed by atoms with Crippen molar-refractivity contribution in [2.75, 3.05) is 7.11 Å². The fraction of sp³-hybridized carbons (Fsp3) is 0.130. The fourth-order valence-electron chi connectivity index (χ4n) is 3.09. The summed E-state index contributed by atoms with van der Waals surface area (Å²) in [4.78, 5) is 17.4. The van der Waals surface area contributed by atoms with Gasteiger partial charge in [0.05, 0.1) is 24.7 Å². The maximum absolute atomic E-state index is 12.7. The molecule has 4 rings (SSSR count). The Hall–Kier alpha value is -3.60. The topological polar surface area (TPSA) is 53.4 Å². The Labute approximate surface area is 163 Å². The number of ether oxygens (including phenoxy) is 2. The van der Waals surface area contributed by atoms with Crippen molar-refractivity contribution in [2.45, 2.75) is 13.2 Å². The molecule has 28 heavy (non-hydrogen) atoms. The number of imidazole rings is 1. The first-order chi connectivity index (χ1) is 13.7. The van der Waals surface area contributed by atoms with Gasteiger partial charge in [-0.2, -0.15) is 0 Å². The Balaban J connectivity index is 1.60. The van der Waals surface area contributed by atoms with Gasteiger partial charge in [-0.3, -0.25) is 4.79 Å². The van der Waals surface area contributed by atoms with Crippen molar-refractivity contribution in [3.05, 3.63) is 90.3 Å². The Morgan fingerprint density at radius 3 is 2.32 bits per heavy atom. The molecular weight excluding hydrogens is 352 g/mol. The lowest BCUT2D eigenvalue weighted by Crippen LogP contribution is -2.14. The van der Waals surface area contributed by atoms with Crippen molar-refractivity contribution in [2.24, 2.45) is 0 Å².